The molecule has 0 saturated carbocycles. The molecule has 0 fully saturated rings. The fourth-order valence-electron chi connectivity index (χ4n) is 2.07. The van der Waals surface area contributed by atoms with Gasteiger partial charge < -0.3 is 15.4 Å². The van der Waals surface area contributed by atoms with Gasteiger partial charge in [0, 0.05) is 37.6 Å². The fraction of sp³-hybridized carbons (Fsp3) is 0.294. The van der Waals surface area contributed by atoms with Crippen molar-refractivity contribution in [1.29, 1.82) is 0 Å². The Balaban J connectivity index is 1.84. The fourth-order valence-corrected chi connectivity index (χ4v) is 2.29. The first-order valence-corrected chi connectivity index (χ1v) is 7.77. The van der Waals surface area contributed by atoms with Gasteiger partial charge in [-0.1, -0.05) is 23.7 Å². The number of halogens is 1. The van der Waals surface area contributed by atoms with E-state index in [0.717, 1.165) is 17.7 Å². The molecule has 23 heavy (non-hydrogen) atoms. The van der Waals surface area contributed by atoms with Crippen molar-refractivity contribution in [3.63, 3.8) is 0 Å². The number of pyridine rings is 1. The van der Waals surface area contributed by atoms with Crippen molar-refractivity contribution in [1.82, 2.24) is 10.3 Å². The molecule has 0 radical (unpaired) electrons. The number of ether oxygens (including phenoxy) is 1. The van der Waals surface area contributed by atoms with Crippen LogP contribution >= 0.6 is 11.6 Å². The normalized spacial score (nSPS) is 10.3. The van der Waals surface area contributed by atoms with Gasteiger partial charge in [0.1, 0.15) is 0 Å². The molecule has 0 unspecified atom stereocenters. The minimum Gasteiger partial charge on any atom is -0.383 e. The van der Waals surface area contributed by atoms with Crippen LogP contribution in [-0.4, -0.2) is 37.7 Å². The van der Waals surface area contributed by atoms with Crippen LogP contribution in [0.4, 0.5) is 5.69 Å². The maximum atomic E-state index is 12.2. The van der Waals surface area contributed by atoms with Crippen LogP contribution in [0.25, 0.3) is 0 Å². The van der Waals surface area contributed by atoms with E-state index in [-0.39, 0.29) is 5.91 Å². The standard InChI is InChI=1S/C17H20ClN3O2/c1-23-8-7-20-16-10-14(11-19-12-16)17(22)21-6-5-13-3-2-4-15(18)9-13/h2-4,9-12,20H,5-8H2,1H3,(H,21,22). The lowest BCUT2D eigenvalue weighted by Gasteiger charge is -2.08. The van der Waals surface area contributed by atoms with E-state index in [4.69, 9.17) is 16.3 Å². The lowest BCUT2D eigenvalue weighted by molar-refractivity contribution is 0.0954. The summed E-state index contributed by atoms with van der Waals surface area (Å²) in [6.45, 7) is 1.80. The van der Waals surface area contributed by atoms with Gasteiger partial charge in [-0.25, -0.2) is 0 Å². The van der Waals surface area contributed by atoms with Crippen LogP contribution < -0.4 is 10.6 Å². The third kappa shape index (κ3) is 5.88. The van der Waals surface area contributed by atoms with Crippen molar-refractivity contribution in [3.8, 4) is 0 Å². The minimum atomic E-state index is -0.144. The van der Waals surface area contributed by atoms with Gasteiger partial charge in [-0.3, -0.25) is 9.78 Å². The number of amides is 1. The van der Waals surface area contributed by atoms with Crippen molar-refractivity contribution in [3.05, 3.63) is 58.9 Å². The number of benzene rings is 1. The zero-order chi connectivity index (χ0) is 16.5. The van der Waals surface area contributed by atoms with Gasteiger partial charge in [0.05, 0.1) is 17.9 Å². The summed E-state index contributed by atoms with van der Waals surface area (Å²) in [5.41, 5.74) is 2.41. The smallest absolute Gasteiger partial charge is 0.252 e. The molecule has 5 nitrogen and oxygen atoms in total. The largest absolute Gasteiger partial charge is 0.383 e. The monoisotopic (exact) mass is 333 g/mol. The third-order valence-electron chi connectivity index (χ3n) is 3.22. The quantitative estimate of drug-likeness (QED) is 0.729. The summed E-state index contributed by atoms with van der Waals surface area (Å²) < 4.78 is 4.97. The molecule has 0 aliphatic heterocycles. The first-order valence-electron chi connectivity index (χ1n) is 7.39. The number of nitrogens with one attached hydrogen (secondary N) is 2. The molecule has 1 aromatic carbocycles. The van der Waals surface area contributed by atoms with Crippen molar-refractivity contribution >= 4 is 23.2 Å². The Morgan fingerprint density at radius 1 is 1.26 bits per heavy atom. The molecule has 0 bridgehead atoms. The molecule has 1 heterocycles. The van der Waals surface area contributed by atoms with Gasteiger partial charge in [0.2, 0.25) is 0 Å². The molecule has 0 saturated heterocycles. The molecular formula is C17H20ClN3O2. The predicted octanol–water partition coefficient (Wildman–Crippen LogP) is 2.77. The molecule has 0 aliphatic rings. The van der Waals surface area contributed by atoms with Crippen LogP contribution in [0.2, 0.25) is 5.02 Å². The van der Waals surface area contributed by atoms with Crippen LogP contribution in [0.15, 0.2) is 42.7 Å². The Hall–Kier alpha value is -2.11. The van der Waals surface area contributed by atoms with Crippen LogP contribution in [0.5, 0.6) is 0 Å². The minimum absolute atomic E-state index is 0.144. The third-order valence-corrected chi connectivity index (χ3v) is 3.46. The number of rotatable bonds is 8. The van der Waals surface area contributed by atoms with E-state index in [9.17, 15) is 4.79 Å². The zero-order valence-corrected chi connectivity index (χ0v) is 13.8. The molecule has 6 heteroatoms. The summed E-state index contributed by atoms with van der Waals surface area (Å²) in [6, 6.07) is 9.39. The predicted molar refractivity (Wildman–Crippen MR) is 92.1 cm³/mol. The Labute approximate surface area is 141 Å². The van der Waals surface area contributed by atoms with Gasteiger partial charge in [0.15, 0.2) is 0 Å². The molecule has 122 valence electrons. The van der Waals surface area contributed by atoms with E-state index in [1.54, 1.807) is 25.6 Å². The van der Waals surface area contributed by atoms with Crippen LogP contribution in [-0.2, 0) is 11.2 Å². The Bertz CT molecular complexity index is 649. The van der Waals surface area contributed by atoms with Gasteiger partial charge in [0.25, 0.3) is 5.91 Å². The molecule has 2 rings (SSSR count). The number of hydrogen-bond acceptors (Lipinski definition) is 4. The summed E-state index contributed by atoms with van der Waals surface area (Å²) in [7, 11) is 1.64. The second-order valence-electron chi connectivity index (χ2n) is 5.02. The van der Waals surface area contributed by atoms with Crippen LogP contribution in [0.3, 0.4) is 0 Å². The van der Waals surface area contributed by atoms with Crippen LogP contribution in [0, 0.1) is 0 Å². The highest BCUT2D eigenvalue weighted by atomic mass is 35.5. The van der Waals surface area contributed by atoms with E-state index in [1.165, 1.54) is 0 Å². The second-order valence-corrected chi connectivity index (χ2v) is 5.45. The van der Waals surface area contributed by atoms with Gasteiger partial charge in [-0.2, -0.15) is 0 Å². The summed E-state index contributed by atoms with van der Waals surface area (Å²) in [6.07, 6.45) is 3.96. The van der Waals surface area contributed by atoms with Crippen molar-refractivity contribution < 1.29 is 9.53 Å². The lowest BCUT2D eigenvalue weighted by atomic mass is 10.1. The number of anilines is 1. The van der Waals surface area contributed by atoms with Crippen molar-refractivity contribution in [2.24, 2.45) is 0 Å². The van der Waals surface area contributed by atoms with E-state index >= 15 is 0 Å². The van der Waals surface area contributed by atoms with E-state index < -0.39 is 0 Å². The van der Waals surface area contributed by atoms with E-state index in [0.29, 0.717) is 30.3 Å². The summed E-state index contributed by atoms with van der Waals surface area (Å²) >= 11 is 5.94. The molecule has 0 spiro atoms. The molecule has 1 amide bonds. The average molecular weight is 334 g/mol. The molecule has 2 aromatic rings. The Morgan fingerprint density at radius 2 is 2.13 bits per heavy atom. The average Bonchev–Trinajstić information content (AvgIpc) is 2.55. The zero-order valence-electron chi connectivity index (χ0n) is 13.0. The molecule has 0 atom stereocenters. The number of aromatic nitrogens is 1. The highest BCUT2D eigenvalue weighted by Gasteiger charge is 2.06. The van der Waals surface area contributed by atoms with E-state index in [2.05, 4.69) is 15.6 Å². The number of nitrogens with zero attached hydrogens (tertiary/aromatic N) is 1. The molecule has 1 aromatic heterocycles. The first-order chi connectivity index (χ1) is 11.2. The number of hydrogen-bond donors (Lipinski definition) is 2. The van der Waals surface area contributed by atoms with E-state index in [1.807, 2.05) is 24.3 Å². The van der Waals surface area contributed by atoms with Gasteiger partial charge >= 0.3 is 0 Å². The number of methoxy groups -OCH3 is 1. The number of carbonyl (C=O) groups is 1. The van der Waals surface area contributed by atoms with Crippen molar-refractivity contribution in [2.75, 3.05) is 32.1 Å². The topological polar surface area (TPSA) is 63.2 Å². The van der Waals surface area contributed by atoms with Gasteiger partial charge in [-0.15, -0.1) is 0 Å². The lowest BCUT2D eigenvalue weighted by Crippen LogP contribution is -2.26. The highest BCUT2D eigenvalue weighted by molar-refractivity contribution is 6.30. The van der Waals surface area contributed by atoms with Crippen molar-refractivity contribution in [2.45, 2.75) is 6.42 Å². The Morgan fingerprint density at radius 3 is 2.91 bits per heavy atom. The summed E-state index contributed by atoms with van der Waals surface area (Å²) in [5, 5.41) is 6.74. The molecule has 2 N–H and O–H groups in total. The number of carbonyl (C=O) groups excluding carboxylic acids is 1. The first kappa shape index (κ1) is 17.2. The van der Waals surface area contributed by atoms with Gasteiger partial charge in [-0.05, 0) is 30.2 Å². The maximum Gasteiger partial charge on any atom is 0.252 e. The second kappa shape index (κ2) is 9.12. The highest BCUT2D eigenvalue weighted by Crippen LogP contribution is 2.11. The SMILES string of the molecule is COCCNc1cncc(C(=O)NCCc2cccc(Cl)c2)c1. The maximum absolute atomic E-state index is 12.2. The molecule has 0 aliphatic carbocycles. The Kier molecular flexibility index (Phi) is 6.84. The summed E-state index contributed by atoms with van der Waals surface area (Å²) in [4.78, 5) is 16.2. The molecular weight excluding hydrogens is 314 g/mol. The van der Waals surface area contributed by atoms with Crippen LogP contribution in [0.1, 0.15) is 15.9 Å². The summed E-state index contributed by atoms with van der Waals surface area (Å²) in [5.74, 6) is -0.144.